The van der Waals surface area contributed by atoms with Crippen LogP contribution in [-0.4, -0.2) is 50.5 Å². The van der Waals surface area contributed by atoms with E-state index in [1.165, 1.54) is 32.1 Å². The molecule has 0 amide bonds. The second kappa shape index (κ2) is 11.9. The van der Waals surface area contributed by atoms with Gasteiger partial charge in [0.05, 0.1) is 26.1 Å². The molecular formula is C18H31N3O3. The quantitative estimate of drug-likeness (QED) is 0.345. The number of hydrogen-bond donors (Lipinski definition) is 3. The standard InChI is InChI=1S/C18H31N3O3/c22-11-14-23-13-10-20-18(19-9-8-17-7-4-12-24-17)21-15-16-5-2-1-3-6-16/h4,7,12,16,22H,1-3,5-6,8-11,13-15H2,(H2,19,20,21). The van der Waals surface area contributed by atoms with E-state index in [2.05, 4.69) is 10.6 Å². The molecule has 1 aliphatic carbocycles. The maximum absolute atomic E-state index is 8.72. The van der Waals surface area contributed by atoms with E-state index >= 15 is 0 Å². The van der Waals surface area contributed by atoms with Crippen LogP contribution in [0, 0.1) is 5.92 Å². The van der Waals surface area contributed by atoms with Gasteiger partial charge in [-0.15, -0.1) is 0 Å². The fourth-order valence-electron chi connectivity index (χ4n) is 2.93. The van der Waals surface area contributed by atoms with Crippen molar-refractivity contribution in [3.63, 3.8) is 0 Å². The molecule has 6 nitrogen and oxygen atoms in total. The Hall–Kier alpha value is -1.53. The summed E-state index contributed by atoms with van der Waals surface area (Å²) in [6, 6.07) is 3.89. The molecule has 1 aromatic rings. The van der Waals surface area contributed by atoms with Crippen molar-refractivity contribution in [2.24, 2.45) is 10.9 Å². The monoisotopic (exact) mass is 337 g/mol. The number of aliphatic hydroxyl groups is 1. The molecule has 0 aromatic carbocycles. The zero-order valence-corrected chi connectivity index (χ0v) is 14.5. The highest BCUT2D eigenvalue weighted by Gasteiger charge is 2.13. The number of aliphatic imine (C=N–C) groups is 1. The summed E-state index contributed by atoms with van der Waals surface area (Å²) in [5, 5.41) is 15.4. The van der Waals surface area contributed by atoms with Crippen molar-refractivity contribution in [1.82, 2.24) is 10.6 Å². The molecule has 1 heterocycles. The van der Waals surface area contributed by atoms with Gasteiger partial charge in [-0.2, -0.15) is 0 Å². The van der Waals surface area contributed by atoms with Gasteiger partial charge in [0, 0.05) is 26.1 Å². The van der Waals surface area contributed by atoms with Gasteiger partial charge in [0.2, 0.25) is 0 Å². The predicted octanol–water partition coefficient (Wildman–Crippen LogP) is 1.95. The third kappa shape index (κ3) is 7.84. The van der Waals surface area contributed by atoms with Crippen LogP contribution < -0.4 is 10.6 Å². The lowest BCUT2D eigenvalue weighted by Crippen LogP contribution is -2.40. The lowest BCUT2D eigenvalue weighted by molar-refractivity contribution is 0.0957. The van der Waals surface area contributed by atoms with Crippen LogP contribution in [0.5, 0.6) is 0 Å². The summed E-state index contributed by atoms with van der Waals surface area (Å²) in [5.41, 5.74) is 0. The number of nitrogens with one attached hydrogen (secondary N) is 2. The molecule has 0 unspecified atom stereocenters. The Morgan fingerprint density at radius 2 is 2.04 bits per heavy atom. The number of ether oxygens (including phenoxy) is 1. The minimum absolute atomic E-state index is 0.0595. The summed E-state index contributed by atoms with van der Waals surface area (Å²) in [4.78, 5) is 4.74. The second-order valence-corrected chi connectivity index (χ2v) is 6.21. The van der Waals surface area contributed by atoms with Crippen LogP contribution in [0.4, 0.5) is 0 Å². The molecule has 1 saturated carbocycles. The van der Waals surface area contributed by atoms with Crippen molar-refractivity contribution < 1.29 is 14.3 Å². The molecule has 136 valence electrons. The Morgan fingerprint density at radius 1 is 1.21 bits per heavy atom. The third-order valence-electron chi connectivity index (χ3n) is 4.25. The lowest BCUT2D eigenvalue weighted by Gasteiger charge is -2.20. The minimum Gasteiger partial charge on any atom is -0.469 e. The van der Waals surface area contributed by atoms with Gasteiger partial charge in [-0.3, -0.25) is 4.99 Å². The predicted molar refractivity (Wildman–Crippen MR) is 95.2 cm³/mol. The summed E-state index contributed by atoms with van der Waals surface area (Å²) >= 11 is 0. The molecule has 0 aliphatic heterocycles. The molecule has 0 radical (unpaired) electrons. The highest BCUT2D eigenvalue weighted by atomic mass is 16.5. The maximum Gasteiger partial charge on any atom is 0.191 e. The number of hydrogen-bond acceptors (Lipinski definition) is 4. The molecule has 3 N–H and O–H groups in total. The molecule has 1 aromatic heterocycles. The first kappa shape index (κ1) is 18.8. The Labute approximate surface area is 144 Å². The van der Waals surface area contributed by atoms with E-state index in [1.807, 2.05) is 12.1 Å². The van der Waals surface area contributed by atoms with Gasteiger partial charge in [0.15, 0.2) is 5.96 Å². The summed E-state index contributed by atoms with van der Waals surface area (Å²) in [6.45, 7) is 3.33. The van der Waals surface area contributed by atoms with E-state index < -0.39 is 0 Å². The number of aliphatic hydroxyl groups excluding tert-OH is 1. The summed E-state index contributed by atoms with van der Waals surface area (Å²) in [6.07, 6.45) is 9.16. The first-order valence-corrected chi connectivity index (χ1v) is 9.11. The highest BCUT2D eigenvalue weighted by Crippen LogP contribution is 2.23. The zero-order chi connectivity index (χ0) is 16.9. The van der Waals surface area contributed by atoms with Gasteiger partial charge in [-0.25, -0.2) is 0 Å². The smallest absolute Gasteiger partial charge is 0.191 e. The van der Waals surface area contributed by atoms with E-state index in [-0.39, 0.29) is 6.61 Å². The van der Waals surface area contributed by atoms with E-state index in [9.17, 15) is 0 Å². The third-order valence-corrected chi connectivity index (χ3v) is 4.25. The van der Waals surface area contributed by atoms with Crippen LogP contribution in [0.15, 0.2) is 27.8 Å². The molecule has 0 atom stereocenters. The topological polar surface area (TPSA) is 79.0 Å². The van der Waals surface area contributed by atoms with Crippen LogP contribution in [0.1, 0.15) is 37.9 Å². The number of furan rings is 1. The fraction of sp³-hybridized carbons (Fsp3) is 0.722. The SMILES string of the molecule is OCCOCCNC(=NCC1CCCCC1)NCCc1ccco1. The molecule has 6 heteroatoms. The number of rotatable bonds is 10. The van der Waals surface area contributed by atoms with Crippen molar-refractivity contribution >= 4 is 5.96 Å². The van der Waals surface area contributed by atoms with Gasteiger partial charge < -0.3 is 24.9 Å². The Kier molecular flexibility index (Phi) is 9.34. The van der Waals surface area contributed by atoms with Crippen LogP contribution >= 0.6 is 0 Å². The molecule has 1 aliphatic rings. The van der Waals surface area contributed by atoms with Crippen molar-refractivity contribution in [2.45, 2.75) is 38.5 Å². The second-order valence-electron chi connectivity index (χ2n) is 6.21. The molecule has 0 spiro atoms. The molecular weight excluding hydrogens is 306 g/mol. The van der Waals surface area contributed by atoms with Gasteiger partial charge in [-0.05, 0) is 30.9 Å². The average molecular weight is 337 g/mol. The van der Waals surface area contributed by atoms with Gasteiger partial charge in [-0.1, -0.05) is 19.3 Å². The summed E-state index contributed by atoms with van der Waals surface area (Å²) in [7, 11) is 0. The molecule has 0 saturated heterocycles. The van der Waals surface area contributed by atoms with Crippen molar-refractivity contribution in [3.8, 4) is 0 Å². The summed E-state index contributed by atoms with van der Waals surface area (Å²) in [5.74, 6) is 2.52. The largest absolute Gasteiger partial charge is 0.469 e. The van der Waals surface area contributed by atoms with Crippen molar-refractivity contribution in [2.75, 3.05) is 39.5 Å². The van der Waals surface area contributed by atoms with E-state index in [0.717, 1.165) is 31.2 Å². The number of nitrogens with zero attached hydrogens (tertiary/aromatic N) is 1. The maximum atomic E-state index is 8.72. The van der Waals surface area contributed by atoms with E-state index in [1.54, 1.807) is 6.26 Å². The van der Waals surface area contributed by atoms with Crippen molar-refractivity contribution in [1.29, 1.82) is 0 Å². The van der Waals surface area contributed by atoms with Crippen LogP contribution in [0.3, 0.4) is 0 Å². The van der Waals surface area contributed by atoms with Crippen LogP contribution in [0.2, 0.25) is 0 Å². The summed E-state index contributed by atoms with van der Waals surface area (Å²) < 4.78 is 10.6. The van der Waals surface area contributed by atoms with E-state index in [4.69, 9.17) is 19.3 Å². The molecule has 24 heavy (non-hydrogen) atoms. The van der Waals surface area contributed by atoms with E-state index in [0.29, 0.717) is 25.7 Å². The average Bonchev–Trinajstić information content (AvgIpc) is 3.13. The Bertz CT molecular complexity index is 442. The molecule has 0 bridgehead atoms. The van der Waals surface area contributed by atoms with Crippen LogP contribution in [0.25, 0.3) is 0 Å². The number of guanidine groups is 1. The van der Waals surface area contributed by atoms with Crippen LogP contribution in [-0.2, 0) is 11.2 Å². The first-order valence-electron chi connectivity index (χ1n) is 9.11. The van der Waals surface area contributed by atoms with Gasteiger partial charge >= 0.3 is 0 Å². The lowest BCUT2D eigenvalue weighted by atomic mass is 9.89. The molecule has 2 rings (SSSR count). The fourth-order valence-corrected chi connectivity index (χ4v) is 2.93. The van der Waals surface area contributed by atoms with Gasteiger partial charge in [0.25, 0.3) is 0 Å². The Morgan fingerprint density at radius 3 is 2.79 bits per heavy atom. The zero-order valence-electron chi connectivity index (χ0n) is 14.5. The molecule has 1 fully saturated rings. The normalized spacial score (nSPS) is 16.3. The van der Waals surface area contributed by atoms with Crippen molar-refractivity contribution in [3.05, 3.63) is 24.2 Å². The Balaban J connectivity index is 1.73. The first-order chi connectivity index (χ1) is 11.9. The minimum atomic E-state index is 0.0595. The highest BCUT2D eigenvalue weighted by molar-refractivity contribution is 5.79. The van der Waals surface area contributed by atoms with Gasteiger partial charge in [0.1, 0.15) is 5.76 Å².